The van der Waals surface area contributed by atoms with E-state index in [1.165, 1.54) is 52.6 Å². The van der Waals surface area contributed by atoms with Gasteiger partial charge in [-0.3, -0.25) is 0 Å². The van der Waals surface area contributed by atoms with Gasteiger partial charge in [0.15, 0.2) is 5.01 Å². The zero-order chi connectivity index (χ0) is 11.4. The van der Waals surface area contributed by atoms with Crippen LogP contribution in [-0.4, -0.2) is 15.2 Å². The highest BCUT2D eigenvalue weighted by Gasteiger charge is 2.35. The summed E-state index contributed by atoms with van der Waals surface area (Å²) in [7, 11) is 0. The first kappa shape index (κ1) is 9.96. The predicted octanol–water partition coefficient (Wildman–Crippen LogP) is 3.00. The van der Waals surface area contributed by atoms with Gasteiger partial charge in [0.05, 0.1) is 15.6 Å². The summed E-state index contributed by atoms with van der Waals surface area (Å²) >= 11 is 3.28. The van der Waals surface area contributed by atoms with Crippen molar-refractivity contribution in [2.45, 2.75) is 37.5 Å². The molecule has 2 saturated carbocycles. The first-order valence-electron chi connectivity index (χ1n) is 5.91. The normalized spacial score (nSPS) is 19.8. The number of nitrogens with zero attached hydrogens (tertiary/aromatic N) is 3. The van der Waals surface area contributed by atoms with Crippen LogP contribution in [0.15, 0.2) is 0 Å². The Morgan fingerprint density at radius 3 is 2.35 bits per heavy atom. The summed E-state index contributed by atoms with van der Waals surface area (Å²) in [5, 5.41) is 10.9. The van der Waals surface area contributed by atoms with Crippen LogP contribution in [0.25, 0.3) is 9.88 Å². The first-order valence-corrected chi connectivity index (χ1v) is 7.54. The van der Waals surface area contributed by atoms with E-state index in [9.17, 15) is 0 Å². The summed E-state index contributed by atoms with van der Waals surface area (Å²) in [4.78, 5) is 6.06. The molecule has 2 N–H and O–H groups in total. The zero-order valence-electron chi connectivity index (χ0n) is 9.22. The number of hydrogen-bond acceptors (Lipinski definition) is 6. The lowest BCUT2D eigenvalue weighted by Crippen LogP contribution is -1.84. The third-order valence-corrected chi connectivity index (χ3v) is 5.33. The molecule has 2 aromatic rings. The molecule has 0 spiro atoms. The first-order chi connectivity index (χ1) is 8.31. The molecule has 2 aliphatic carbocycles. The fourth-order valence-corrected chi connectivity index (χ4v) is 3.98. The number of aromatic nitrogens is 3. The predicted molar refractivity (Wildman–Crippen MR) is 69.4 cm³/mol. The van der Waals surface area contributed by atoms with Crippen molar-refractivity contribution >= 4 is 27.8 Å². The molecular formula is C11H12N4S2. The number of nitrogen functional groups attached to an aromatic ring is 1. The van der Waals surface area contributed by atoms with E-state index < -0.39 is 0 Å². The smallest absolute Gasteiger partial charge is 0.203 e. The second-order valence-electron chi connectivity index (χ2n) is 4.76. The molecule has 6 heteroatoms. The Morgan fingerprint density at radius 2 is 1.76 bits per heavy atom. The zero-order valence-corrected chi connectivity index (χ0v) is 10.9. The number of rotatable bonds is 3. The van der Waals surface area contributed by atoms with E-state index in [0.29, 0.717) is 11.0 Å². The van der Waals surface area contributed by atoms with Gasteiger partial charge in [0.2, 0.25) is 5.13 Å². The van der Waals surface area contributed by atoms with E-state index in [1.807, 2.05) is 0 Å². The van der Waals surface area contributed by atoms with Crippen molar-refractivity contribution in [3.63, 3.8) is 0 Å². The summed E-state index contributed by atoms with van der Waals surface area (Å²) in [6.45, 7) is 0. The Hall–Kier alpha value is -1.01. The lowest BCUT2D eigenvalue weighted by atomic mass is 10.2. The lowest BCUT2D eigenvalue weighted by Gasteiger charge is -1.93. The minimum Gasteiger partial charge on any atom is -0.374 e. The molecule has 0 unspecified atom stereocenters. The van der Waals surface area contributed by atoms with Gasteiger partial charge in [-0.1, -0.05) is 11.3 Å². The van der Waals surface area contributed by atoms with Gasteiger partial charge in [-0.15, -0.1) is 21.5 Å². The number of nitrogens with two attached hydrogens (primary N) is 1. The summed E-state index contributed by atoms with van der Waals surface area (Å²) in [5.74, 6) is 1.38. The SMILES string of the molecule is Nc1nnc(-c2sc(C3CC3)nc2C2CC2)s1. The Labute approximate surface area is 107 Å². The highest BCUT2D eigenvalue weighted by molar-refractivity contribution is 7.23. The van der Waals surface area contributed by atoms with E-state index in [0.717, 1.165) is 10.9 Å². The van der Waals surface area contributed by atoms with Crippen LogP contribution in [0.3, 0.4) is 0 Å². The second-order valence-corrected chi connectivity index (χ2v) is 6.80. The van der Waals surface area contributed by atoms with Crippen molar-refractivity contribution in [1.82, 2.24) is 15.2 Å². The molecule has 4 rings (SSSR count). The summed E-state index contributed by atoms with van der Waals surface area (Å²) in [6.07, 6.45) is 5.15. The Kier molecular flexibility index (Phi) is 2.05. The van der Waals surface area contributed by atoms with Crippen LogP contribution < -0.4 is 5.73 Å². The minimum absolute atomic E-state index is 0.545. The molecule has 0 radical (unpaired) electrons. The van der Waals surface area contributed by atoms with Gasteiger partial charge >= 0.3 is 0 Å². The van der Waals surface area contributed by atoms with E-state index in [2.05, 4.69) is 10.2 Å². The Bertz CT molecular complexity index is 566. The molecule has 2 heterocycles. The minimum atomic E-state index is 0.545. The van der Waals surface area contributed by atoms with Gasteiger partial charge in [0.1, 0.15) is 0 Å². The summed E-state index contributed by atoms with van der Waals surface area (Å²) in [5.41, 5.74) is 6.92. The molecule has 2 aromatic heterocycles. The molecular weight excluding hydrogens is 252 g/mol. The fraction of sp³-hybridized carbons (Fsp3) is 0.545. The molecule has 2 aliphatic rings. The average Bonchev–Trinajstić information content (AvgIpc) is 3.24. The molecule has 4 nitrogen and oxygen atoms in total. The van der Waals surface area contributed by atoms with Crippen molar-refractivity contribution in [2.75, 3.05) is 5.73 Å². The Morgan fingerprint density at radius 1 is 1.00 bits per heavy atom. The van der Waals surface area contributed by atoms with Crippen LogP contribution in [0.5, 0.6) is 0 Å². The van der Waals surface area contributed by atoms with Crippen LogP contribution in [0.4, 0.5) is 5.13 Å². The maximum atomic E-state index is 5.67. The van der Waals surface area contributed by atoms with Crippen LogP contribution in [-0.2, 0) is 0 Å². The van der Waals surface area contributed by atoms with Crippen molar-refractivity contribution in [3.05, 3.63) is 10.7 Å². The third-order valence-electron chi connectivity index (χ3n) is 3.20. The number of hydrogen-bond donors (Lipinski definition) is 1. The molecule has 2 fully saturated rings. The van der Waals surface area contributed by atoms with E-state index >= 15 is 0 Å². The number of anilines is 1. The monoisotopic (exact) mass is 264 g/mol. The molecule has 0 saturated heterocycles. The van der Waals surface area contributed by atoms with Crippen LogP contribution >= 0.6 is 22.7 Å². The topological polar surface area (TPSA) is 64.7 Å². The molecule has 0 bridgehead atoms. The van der Waals surface area contributed by atoms with Crippen molar-refractivity contribution in [1.29, 1.82) is 0 Å². The van der Waals surface area contributed by atoms with Gasteiger partial charge in [-0.2, -0.15) is 0 Å². The molecule has 0 amide bonds. The van der Waals surface area contributed by atoms with Crippen LogP contribution in [0, 0.1) is 0 Å². The maximum absolute atomic E-state index is 5.67. The highest BCUT2D eigenvalue weighted by atomic mass is 32.1. The van der Waals surface area contributed by atoms with Gasteiger partial charge in [-0.25, -0.2) is 4.98 Å². The largest absolute Gasteiger partial charge is 0.374 e. The quantitative estimate of drug-likeness (QED) is 0.925. The van der Waals surface area contributed by atoms with Gasteiger partial charge in [0.25, 0.3) is 0 Å². The van der Waals surface area contributed by atoms with Crippen molar-refractivity contribution in [2.24, 2.45) is 0 Å². The van der Waals surface area contributed by atoms with Crippen molar-refractivity contribution in [3.8, 4) is 9.88 Å². The van der Waals surface area contributed by atoms with E-state index in [-0.39, 0.29) is 0 Å². The average molecular weight is 264 g/mol. The van der Waals surface area contributed by atoms with Crippen LogP contribution in [0.1, 0.15) is 48.2 Å². The molecule has 88 valence electrons. The fourth-order valence-electron chi connectivity index (χ4n) is 1.97. The Balaban J connectivity index is 1.81. The lowest BCUT2D eigenvalue weighted by molar-refractivity contribution is 0.987. The molecule has 0 atom stereocenters. The second kappa shape index (κ2) is 3.49. The number of thiazole rings is 1. The third kappa shape index (κ3) is 1.75. The summed E-state index contributed by atoms with van der Waals surface area (Å²) in [6, 6.07) is 0. The molecule has 17 heavy (non-hydrogen) atoms. The van der Waals surface area contributed by atoms with E-state index in [1.54, 1.807) is 11.3 Å². The van der Waals surface area contributed by atoms with E-state index in [4.69, 9.17) is 10.7 Å². The van der Waals surface area contributed by atoms with Gasteiger partial charge in [-0.05, 0) is 25.7 Å². The van der Waals surface area contributed by atoms with Crippen LogP contribution in [0.2, 0.25) is 0 Å². The molecule has 0 aromatic carbocycles. The van der Waals surface area contributed by atoms with Gasteiger partial charge in [0, 0.05) is 11.8 Å². The maximum Gasteiger partial charge on any atom is 0.203 e. The molecule has 0 aliphatic heterocycles. The standard InChI is InChI=1S/C11H12N4S2/c12-11-15-14-10(17-11)8-7(5-1-2-5)13-9(16-8)6-3-4-6/h5-6H,1-4H2,(H2,12,15). The highest BCUT2D eigenvalue weighted by Crippen LogP contribution is 2.50. The van der Waals surface area contributed by atoms with Gasteiger partial charge < -0.3 is 5.73 Å². The van der Waals surface area contributed by atoms with Crippen molar-refractivity contribution < 1.29 is 0 Å². The summed E-state index contributed by atoms with van der Waals surface area (Å²) < 4.78 is 0.